The zero-order valence-corrected chi connectivity index (χ0v) is 14.0. The minimum Gasteiger partial charge on any atom is -0.483 e. The molecule has 0 heterocycles. The minimum atomic E-state index is -0.525. The molecule has 1 aromatic carbocycles. The summed E-state index contributed by atoms with van der Waals surface area (Å²) in [5.41, 5.74) is 1.93. The van der Waals surface area contributed by atoms with E-state index in [4.69, 9.17) is 9.90 Å². The lowest BCUT2D eigenvalue weighted by atomic mass is 9.94. The van der Waals surface area contributed by atoms with E-state index in [0.29, 0.717) is 13.1 Å². The monoisotopic (exact) mass is 322 g/mol. The summed E-state index contributed by atoms with van der Waals surface area (Å²) < 4.78 is 0. The summed E-state index contributed by atoms with van der Waals surface area (Å²) in [5.74, 6) is 0.0409. The number of amides is 1. The molecule has 0 aliphatic heterocycles. The number of nitrogens with one attached hydrogen (secondary N) is 1. The van der Waals surface area contributed by atoms with Crippen molar-refractivity contribution in [1.82, 2.24) is 10.2 Å². The molecule has 1 saturated carbocycles. The van der Waals surface area contributed by atoms with Crippen LogP contribution in [-0.2, 0) is 15.0 Å². The van der Waals surface area contributed by atoms with Crippen molar-refractivity contribution in [3.05, 3.63) is 35.4 Å². The number of carbonyl (C=O) groups is 2. The van der Waals surface area contributed by atoms with Crippen molar-refractivity contribution in [2.24, 2.45) is 0 Å². The normalized spacial score (nSPS) is 16.0. The Morgan fingerprint density at radius 2 is 1.87 bits per heavy atom. The van der Waals surface area contributed by atoms with Crippen molar-refractivity contribution in [2.45, 2.75) is 31.3 Å². The molecule has 6 nitrogen and oxygen atoms in total. The highest BCUT2D eigenvalue weighted by Crippen LogP contribution is 2.48. The molecular formula is C17H26N2O4. The molecule has 0 bridgehead atoms. The van der Waals surface area contributed by atoms with E-state index in [2.05, 4.69) is 5.32 Å². The fraction of sp³-hybridized carbons (Fsp3) is 0.529. The number of aryl methyl sites for hydroxylation is 1. The average molecular weight is 322 g/mol. The molecule has 6 heteroatoms. The summed E-state index contributed by atoms with van der Waals surface area (Å²) in [5, 5.41) is 19.6. The Morgan fingerprint density at radius 3 is 2.30 bits per heavy atom. The Morgan fingerprint density at radius 1 is 1.35 bits per heavy atom. The van der Waals surface area contributed by atoms with Crippen molar-refractivity contribution >= 4 is 12.4 Å². The summed E-state index contributed by atoms with van der Waals surface area (Å²) in [6, 6.07) is 8.17. The SMILES string of the molecule is Cc1ccc(C2(C(=O)NCC(O)CN(C)C)CC2)cc1.O=CO. The molecule has 3 N–H and O–H groups in total. The molecule has 1 unspecified atom stereocenters. The number of hydrogen-bond donors (Lipinski definition) is 3. The van der Waals surface area contributed by atoms with Crippen LogP contribution in [0.5, 0.6) is 0 Å². The first-order valence-electron chi connectivity index (χ1n) is 7.62. The maximum absolute atomic E-state index is 12.4. The lowest BCUT2D eigenvalue weighted by molar-refractivity contribution is -0.124. The largest absolute Gasteiger partial charge is 0.483 e. The Hall–Kier alpha value is -1.92. The fourth-order valence-corrected chi connectivity index (χ4v) is 2.51. The molecule has 1 aliphatic carbocycles. The molecule has 1 atom stereocenters. The number of benzene rings is 1. The van der Waals surface area contributed by atoms with Gasteiger partial charge in [-0.2, -0.15) is 0 Å². The molecule has 0 spiro atoms. The number of carbonyl (C=O) groups excluding carboxylic acids is 1. The Kier molecular flexibility index (Phi) is 7.19. The third-order valence-corrected chi connectivity index (χ3v) is 3.86. The molecule has 2 rings (SSSR count). The number of nitrogens with zero attached hydrogens (tertiary/aromatic N) is 1. The van der Waals surface area contributed by atoms with Crippen LogP contribution in [0.25, 0.3) is 0 Å². The van der Waals surface area contributed by atoms with Gasteiger partial charge in [0, 0.05) is 13.1 Å². The van der Waals surface area contributed by atoms with E-state index in [0.717, 1.165) is 18.4 Å². The molecule has 0 radical (unpaired) electrons. The Labute approximate surface area is 137 Å². The first-order chi connectivity index (χ1) is 10.9. The first kappa shape index (κ1) is 19.1. The van der Waals surface area contributed by atoms with E-state index < -0.39 is 6.10 Å². The summed E-state index contributed by atoms with van der Waals surface area (Å²) in [4.78, 5) is 22.6. The van der Waals surface area contributed by atoms with Gasteiger partial charge in [0.25, 0.3) is 6.47 Å². The second-order valence-electron chi connectivity index (χ2n) is 6.18. The molecule has 1 fully saturated rings. The van der Waals surface area contributed by atoms with Crippen LogP contribution >= 0.6 is 0 Å². The second-order valence-corrected chi connectivity index (χ2v) is 6.18. The molecular weight excluding hydrogens is 296 g/mol. The van der Waals surface area contributed by atoms with E-state index >= 15 is 0 Å². The van der Waals surface area contributed by atoms with Crippen LogP contribution in [0.2, 0.25) is 0 Å². The highest BCUT2D eigenvalue weighted by molar-refractivity contribution is 5.91. The maximum atomic E-state index is 12.4. The second kappa shape index (κ2) is 8.64. The van der Waals surface area contributed by atoms with Gasteiger partial charge in [-0.15, -0.1) is 0 Å². The summed E-state index contributed by atoms with van der Waals surface area (Å²) in [7, 11) is 3.81. The predicted octanol–water partition coefficient (Wildman–Crippen LogP) is 0.766. The Bertz CT molecular complexity index is 510. The third kappa shape index (κ3) is 5.65. The van der Waals surface area contributed by atoms with Gasteiger partial charge < -0.3 is 20.4 Å². The van der Waals surface area contributed by atoms with Crippen LogP contribution in [-0.4, -0.2) is 60.8 Å². The van der Waals surface area contributed by atoms with Gasteiger partial charge in [0.2, 0.25) is 5.91 Å². The van der Waals surface area contributed by atoms with Gasteiger partial charge in [-0.3, -0.25) is 9.59 Å². The number of aliphatic hydroxyl groups excluding tert-OH is 1. The van der Waals surface area contributed by atoms with Crippen molar-refractivity contribution in [1.29, 1.82) is 0 Å². The molecule has 23 heavy (non-hydrogen) atoms. The van der Waals surface area contributed by atoms with Crippen molar-refractivity contribution in [3.63, 3.8) is 0 Å². The van der Waals surface area contributed by atoms with E-state index in [1.807, 2.05) is 50.2 Å². The zero-order chi connectivity index (χ0) is 17.5. The van der Waals surface area contributed by atoms with Crippen molar-refractivity contribution in [3.8, 4) is 0 Å². The molecule has 1 amide bonds. The topological polar surface area (TPSA) is 89.9 Å². The first-order valence-corrected chi connectivity index (χ1v) is 7.62. The predicted molar refractivity (Wildman–Crippen MR) is 88.4 cm³/mol. The number of likely N-dealkylation sites (N-methyl/N-ethyl adjacent to an activating group) is 1. The number of aliphatic hydroxyl groups is 1. The van der Waals surface area contributed by atoms with Crippen LogP contribution in [0.3, 0.4) is 0 Å². The van der Waals surface area contributed by atoms with Crippen LogP contribution < -0.4 is 5.32 Å². The lowest BCUT2D eigenvalue weighted by Crippen LogP contribution is -2.42. The van der Waals surface area contributed by atoms with Gasteiger partial charge >= 0.3 is 0 Å². The third-order valence-electron chi connectivity index (χ3n) is 3.86. The van der Waals surface area contributed by atoms with Crippen LogP contribution in [0.15, 0.2) is 24.3 Å². The molecule has 0 aromatic heterocycles. The van der Waals surface area contributed by atoms with Crippen LogP contribution in [0, 0.1) is 6.92 Å². The highest BCUT2D eigenvalue weighted by Gasteiger charge is 2.51. The minimum absolute atomic E-state index is 0.0409. The van der Waals surface area contributed by atoms with Gasteiger partial charge in [-0.05, 0) is 39.4 Å². The van der Waals surface area contributed by atoms with E-state index in [1.54, 1.807) is 0 Å². The van der Waals surface area contributed by atoms with Crippen LogP contribution in [0.4, 0.5) is 0 Å². The maximum Gasteiger partial charge on any atom is 0.290 e. The van der Waals surface area contributed by atoms with Gasteiger partial charge in [0.15, 0.2) is 0 Å². The zero-order valence-electron chi connectivity index (χ0n) is 14.0. The van der Waals surface area contributed by atoms with Crippen molar-refractivity contribution < 1.29 is 19.8 Å². The quantitative estimate of drug-likeness (QED) is 0.673. The number of carboxylic acid groups (broad SMARTS) is 1. The molecule has 128 valence electrons. The van der Waals surface area contributed by atoms with Gasteiger partial charge in [0.05, 0.1) is 11.5 Å². The lowest BCUT2D eigenvalue weighted by Gasteiger charge is -2.20. The van der Waals surface area contributed by atoms with Gasteiger partial charge in [-0.25, -0.2) is 0 Å². The highest BCUT2D eigenvalue weighted by atomic mass is 16.3. The van der Waals surface area contributed by atoms with Crippen LogP contribution in [0.1, 0.15) is 24.0 Å². The van der Waals surface area contributed by atoms with E-state index in [9.17, 15) is 9.90 Å². The summed E-state index contributed by atoms with van der Waals surface area (Å²) in [6.07, 6.45) is 1.26. The summed E-state index contributed by atoms with van der Waals surface area (Å²) >= 11 is 0. The molecule has 1 aromatic rings. The number of hydrogen-bond acceptors (Lipinski definition) is 4. The standard InChI is InChI=1S/C16H24N2O2.CH2O2/c1-12-4-6-13(7-5-12)16(8-9-16)15(20)17-10-14(19)11-18(2)3;2-1-3/h4-7,14,19H,8-11H2,1-3H3,(H,17,20);1H,(H,2,3). The smallest absolute Gasteiger partial charge is 0.290 e. The summed E-state index contributed by atoms with van der Waals surface area (Å²) in [6.45, 7) is 2.66. The average Bonchev–Trinajstić information content (AvgIpc) is 3.27. The number of rotatable bonds is 6. The Balaban J connectivity index is 0.000000816. The fourth-order valence-electron chi connectivity index (χ4n) is 2.51. The van der Waals surface area contributed by atoms with E-state index in [1.165, 1.54) is 5.56 Å². The van der Waals surface area contributed by atoms with Gasteiger partial charge in [-0.1, -0.05) is 29.8 Å². The van der Waals surface area contributed by atoms with Crippen molar-refractivity contribution in [2.75, 3.05) is 27.2 Å². The van der Waals surface area contributed by atoms with Gasteiger partial charge in [0.1, 0.15) is 0 Å². The van der Waals surface area contributed by atoms with E-state index in [-0.39, 0.29) is 17.8 Å². The molecule has 1 aliphatic rings. The molecule has 0 saturated heterocycles.